The SMILES string of the molecule is CC(C)n1c(=O)c2ccc3c4ccc5c(=O)[nH]c(=O)c6cc7[nH]c8cc(c1=O)c2c3c8c7c4c56. The summed E-state index contributed by atoms with van der Waals surface area (Å²) >= 11 is 0. The van der Waals surface area contributed by atoms with E-state index in [0.29, 0.717) is 32.3 Å². The fraction of sp³-hybridized carbons (Fsp3) is 0.111. The number of pyridine rings is 2. The van der Waals surface area contributed by atoms with Crippen LogP contribution in [0.1, 0.15) is 19.9 Å². The van der Waals surface area contributed by atoms with Crippen LogP contribution in [0.4, 0.5) is 0 Å². The Labute approximate surface area is 188 Å². The standard InChI is InChI=1S/C27H15N3O4/c1-9(2)30-26(33)13-6-4-11-10-3-5-12-18-14(25(32)29-24(12)31)7-16-22(20(10)18)23-17(28-16)8-15(27(30)34)19(13)21(11)23/h3-9,28H,1-2H3,(H,29,31,32). The maximum atomic E-state index is 13.5. The van der Waals surface area contributed by atoms with Crippen molar-refractivity contribution in [2.75, 3.05) is 0 Å². The molecule has 0 aliphatic heterocycles. The number of nitrogens with one attached hydrogen (secondary N) is 2. The van der Waals surface area contributed by atoms with Gasteiger partial charge >= 0.3 is 0 Å². The maximum absolute atomic E-state index is 13.5. The van der Waals surface area contributed by atoms with Gasteiger partial charge in [0, 0.05) is 60.2 Å². The number of hydrogen-bond acceptors (Lipinski definition) is 4. The third-order valence-electron chi connectivity index (χ3n) is 7.51. The minimum absolute atomic E-state index is 0.270. The second-order valence-electron chi connectivity index (χ2n) is 9.50. The number of benzene rings is 5. The van der Waals surface area contributed by atoms with Gasteiger partial charge in [0.15, 0.2) is 0 Å². The number of aromatic amines is 2. The third-order valence-corrected chi connectivity index (χ3v) is 7.51. The minimum atomic E-state index is -0.423. The van der Waals surface area contributed by atoms with Gasteiger partial charge in [0.05, 0.1) is 10.8 Å². The lowest BCUT2D eigenvalue weighted by molar-refractivity contribution is 0.568. The monoisotopic (exact) mass is 445 g/mol. The molecule has 0 saturated heterocycles. The summed E-state index contributed by atoms with van der Waals surface area (Å²) < 4.78 is 1.31. The Morgan fingerprint density at radius 2 is 1.06 bits per heavy atom. The summed E-state index contributed by atoms with van der Waals surface area (Å²) in [6, 6.07) is 10.7. The van der Waals surface area contributed by atoms with Gasteiger partial charge in [0.1, 0.15) is 0 Å². The predicted molar refractivity (Wildman–Crippen MR) is 136 cm³/mol. The predicted octanol–water partition coefficient (Wildman–Crippen LogP) is 3.99. The van der Waals surface area contributed by atoms with E-state index in [-0.39, 0.29) is 17.2 Å². The molecule has 162 valence electrons. The minimum Gasteiger partial charge on any atom is -0.354 e. The van der Waals surface area contributed by atoms with Crippen molar-refractivity contribution < 1.29 is 0 Å². The molecule has 0 spiro atoms. The first kappa shape index (κ1) is 18.0. The number of fused-ring (bicyclic) bond motifs is 1. The summed E-state index contributed by atoms with van der Waals surface area (Å²) in [6.07, 6.45) is 0. The molecular weight excluding hydrogens is 430 g/mol. The zero-order chi connectivity index (χ0) is 23.2. The van der Waals surface area contributed by atoms with E-state index in [4.69, 9.17) is 0 Å². The number of H-pyrrole nitrogens is 2. The highest BCUT2D eigenvalue weighted by atomic mass is 16.2. The van der Waals surface area contributed by atoms with Crippen LogP contribution in [0, 0.1) is 0 Å². The molecule has 5 aromatic carbocycles. The van der Waals surface area contributed by atoms with Gasteiger partial charge < -0.3 is 4.98 Å². The molecule has 3 aromatic heterocycles. The lowest BCUT2D eigenvalue weighted by atomic mass is 9.86. The zero-order valence-corrected chi connectivity index (χ0v) is 18.1. The van der Waals surface area contributed by atoms with Crippen LogP contribution >= 0.6 is 0 Å². The lowest BCUT2D eigenvalue weighted by Crippen LogP contribution is -2.34. The summed E-state index contributed by atoms with van der Waals surface area (Å²) in [4.78, 5) is 58.0. The normalized spacial score (nSPS) is 13.1. The van der Waals surface area contributed by atoms with Crippen LogP contribution < -0.4 is 22.2 Å². The quantitative estimate of drug-likeness (QED) is 0.294. The molecule has 0 aliphatic rings. The summed E-state index contributed by atoms with van der Waals surface area (Å²) in [5.74, 6) is 0. The van der Waals surface area contributed by atoms with Crippen LogP contribution in [0.15, 0.2) is 55.6 Å². The van der Waals surface area contributed by atoms with Gasteiger partial charge in [-0.2, -0.15) is 0 Å². The van der Waals surface area contributed by atoms with Crippen LogP contribution in [0.25, 0.3) is 75.7 Å². The summed E-state index contributed by atoms with van der Waals surface area (Å²) in [5, 5.41) is 8.57. The Morgan fingerprint density at radius 3 is 1.71 bits per heavy atom. The van der Waals surface area contributed by atoms with Crippen molar-refractivity contribution in [3.8, 4) is 0 Å². The van der Waals surface area contributed by atoms with Gasteiger partial charge in [-0.1, -0.05) is 12.1 Å². The average Bonchev–Trinajstić information content (AvgIpc) is 3.18. The molecular formula is C27H15N3O4. The number of rotatable bonds is 1. The lowest BCUT2D eigenvalue weighted by Gasteiger charge is -2.17. The van der Waals surface area contributed by atoms with E-state index in [1.54, 1.807) is 18.2 Å². The second-order valence-corrected chi connectivity index (χ2v) is 9.50. The Morgan fingerprint density at radius 1 is 0.559 bits per heavy atom. The molecule has 0 radical (unpaired) electrons. The van der Waals surface area contributed by atoms with Crippen molar-refractivity contribution in [2.45, 2.75) is 19.9 Å². The van der Waals surface area contributed by atoms with Crippen LogP contribution in [-0.4, -0.2) is 14.5 Å². The molecule has 7 nitrogen and oxygen atoms in total. The highest BCUT2D eigenvalue weighted by Gasteiger charge is 2.26. The van der Waals surface area contributed by atoms with Crippen molar-refractivity contribution in [1.82, 2.24) is 14.5 Å². The molecule has 8 rings (SSSR count). The van der Waals surface area contributed by atoms with Gasteiger partial charge in [-0.25, -0.2) is 0 Å². The maximum Gasteiger partial charge on any atom is 0.261 e. The molecule has 0 bridgehead atoms. The molecule has 0 amide bonds. The highest BCUT2D eigenvalue weighted by Crippen LogP contribution is 2.47. The molecule has 0 atom stereocenters. The molecule has 0 unspecified atom stereocenters. The molecule has 2 N–H and O–H groups in total. The summed E-state index contributed by atoms with van der Waals surface area (Å²) in [5.41, 5.74) is 0.102. The van der Waals surface area contributed by atoms with Crippen LogP contribution in [0.5, 0.6) is 0 Å². The second kappa shape index (κ2) is 5.34. The largest absolute Gasteiger partial charge is 0.354 e. The van der Waals surface area contributed by atoms with E-state index >= 15 is 0 Å². The molecule has 0 saturated carbocycles. The van der Waals surface area contributed by atoms with Gasteiger partial charge in [-0.3, -0.25) is 28.7 Å². The van der Waals surface area contributed by atoms with Crippen molar-refractivity contribution in [2.24, 2.45) is 0 Å². The van der Waals surface area contributed by atoms with E-state index in [1.165, 1.54) is 4.57 Å². The molecule has 3 heterocycles. The smallest absolute Gasteiger partial charge is 0.261 e. The van der Waals surface area contributed by atoms with Crippen LogP contribution in [-0.2, 0) is 0 Å². The van der Waals surface area contributed by atoms with Crippen molar-refractivity contribution in [3.05, 3.63) is 77.8 Å². The fourth-order valence-electron chi connectivity index (χ4n) is 6.22. The average molecular weight is 445 g/mol. The van der Waals surface area contributed by atoms with Crippen LogP contribution in [0.2, 0.25) is 0 Å². The van der Waals surface area contributed by atoms with E-state index in [9.17, 15) is 19.2 Å². The number of hydrogen-bond donors (Lipinski definition) is 2. The summed E-state index contributed by atoms with van der Waals surface area (Å²) in [6.45, 7) is 3.66. The van der Waals surface area contributed by atoms with E-state index in [2.05, 4.69) is 9.97 Å². The number of aromatic nitrogens is 3. The van der Waals surface area contributed by atoms with Crippen molar-refractivity contribution in [1.29, 1.82) is 0 Å². The van der Waals surface area contributed by atoms with Crippen molar-refractivity contribution in [3.63, 3.8) is 0 Å². The first-order valence-corrected chi connectivity index (χ1v) is 11.2. The third kappa shape index (κ3) is 1.73. The molecule has 8 aromatic rings. The Balaban J connectivity index is 1.82. The first-order chi connectivity index (χ1) is 16.4. The van der Waals surface area contributed by atoms with Gasteiger partial charge in [-0.15, -0.1) is 0 Å². The highest BCUT2D eigenvalue weighted by molar-refractivity contribution is 6.45. The van der Waals surface area contributed by atoms with Gasteiger partial charge in [-0.05, 0) is 48.9 Å². The Hall–Kier alpha value is -4.52. The fourth-order valence-corrected chi connectivity index (χ4v) is 6.22. The van der Waals surface area contributed by atoms with E-state index in [0.717, 1.165) is 43.4 Å². The molecule has 7 heteroatoms. The Bertz CT molecular complexity index is 2390. The molecule has 0 fully saturated rings. The summed E-state index contributed by atoms with van der Waals surface area (Å²) in [7, 11) is 0. The first-order valence-electron chi connectivity index (χ1n) is 11.2. The Kier molecular flexibility index (Phi) is 2.82. The van der Waals surface area contributed by atoms with Gasteiger partial charge in [0.2, 0.25) is 0 Å². The number of nitrogens with zero attached hydrogens (tertiary/aromatic N) is 1. The van der Waals surface area contributed by atoms with E-state index < -0.39 is 11.1 Å². The zero-order valence-electron chi connectivity index (χ0n) is 18.1. The topological polar surface area (TPSA) is 105 Å². The van der Waals surface area contributed by atoms with Crippen molar-refractivity contribution >= 4 is 75.7 Å². The van der Waals surface area contributed by atoms with Gasteiger partial charge in [0.25, 0.3) is 22.2 Å². The van der Waals surface area contributed by atoms with Crippen LogP contribution in [0.3, 0.4) is 0 Å². The molecule has 34 heavy (non-hydrogen) atoms. The van der Waals surface area contributed by atoms with E-state index in [1.807, 2.05) is 32.0 Å². The molecule has 0 aliphatic carbocycles.